The van der Waals surface area contributed by atoms with Gasteiger partial charge in [-0.2, -0.15) is 5.10 Å². The van der Waals surface area contributed by atoms with Gasteiger partial charge in [0.1, 0.15) is 10.7 Å². The maximum Gasteiger partial charge on any atom is 0.268 e. The number of carbonyl (C=O) groups is 1. The molecule has 0 fully saturated rings. The third-order valence-electron chi connectivity index (χ3n) is 4.45. The van der Waals surface area contributed by atoms with Gasteiger partial charge in [-0.25, -0.2) is 4.98 Å². The van der Waals surface area contributed by atoms with Gasteiger partial charge in [-0.15, -0.1) is 11.3 Å². The fourth-order valence-corrected chi connectivity index (χ4v) is 4.07. The van der Waals surface area contributed by atoms with Crippen LogP contribution in [0.15, 0.2) is 54.2 Å². The van der Waals surface area contributed by atoms with Gasteiger partial charge in [0.25, 0.3) is 5.91 Å². The summed E-state index contributed by atoms with van der Waals surface area (Å²) in [7, 11) is 0. The van der Waals surface area contributed by atoms with E-state index in [0.29, 0.717) is 0 Å². The first-order valence-electron chi connectivity index (χ1n) is 8.00. The second kappa shape index (κ2) is 5.53. The van der Waals surface area contributed by atoms with E-state index in [9.17, 15) is 4.79 Å². The Labute approximate surface area is 151 Å². The van der Waals surface area contributed by atoms with Crippen LogP contribution in [0.2, 0.25) is 0 Å². The van der Waals surface area contributed by atoms with E-state index in [1.807, 2.05) is 12.3 Å². The number of rotatable bonds is 3. The van der Waals surface area contributed by atoms with Gasteiger partial charge in [0.2, 0.25) is 0 Å². The molecule has 0 unspecified atom stereocenters. The smallest absolute Gasteiger partial charge is 0.268 e. The first-order chi connectivity index (χ1) is 12.7. The van der Waals surface area contributed by atoms with Crippen molar-refractivity contribution in [1.82, 2.24) is 20.2 Å². The van der Waals surface area contributed by atoms with Crippen LogP contribution in [0.1, 0.15) is 10.5 Å². The van der Waals surface area contributed by atoms with E-state index in [-0.39, 0.29) is 5.69 Å². The molecule has 0 saturated carbocycles. The van der Waals surface area contributed by atoms with Crippen LogP contribution >= 0.6 is 11.3 Å². The lowest BCUT2D eigenvalue weighted by molar-refractivity contribution is 0.0996. The number of nitrogens with one attached hydrogen (secondary N) is 2. The summed E-state index contributed by atoms with van der Waals surface area (Å²) in [5, 5.41) is 11.7. The first kappa shape index (κ1) is 14.9. The molecule has 0 aliphatic rings. The quantitative estimate of drug-likeness (QED) is 0.455. The van der Waals surface area contributed by atoms with Crippen molar-refractivity contribution < 1.29 is 4.79 Å². The lowest BCUT2D eigenvalue weighted by Gasteiger charge is -2.07. The molecule has 6 nitrogen and oxygen atoms in total. The van der Waals surface area contributed by atoms with Crippen LogP contribution in [0.5, 0.6) is 0 Å². The Hall–Kier alpha value is -3.45. The number of carbonyl (C=O) groups excluding carboxylic acids is 1. The summed E-state index contributed by atoms with van der Waals surface area (Å²) in [6.07, 6.45) is 3.71. The first-order valence-corrected chi connectivity index (χ1v) is 8.88. The van der Waals surface area contributed by atoms with Gasteiger partial charge in [-0.3, -0.25) is 9.89 Å². The van der Waals surface area contributed by atoms with Crippen molar-refractivity contribution in [2.75, 3.05) is 0 Å². The van der Waals surface area contributed by atoms with Crippen LogP contribution in [0.3, 0.4) is 0 Å². The number of aromatic nitrogens is 4. The highest BCUT2D eigenvalue weighted by Gasteiger charge is 2.15. The van der Waals surface area contributed by atoms with Crippen molar-refractivity contribution in [1.29, 1.82) is 0 Å². The van der Waals surface area contributed by atoms with Crippen molar-refractivity contribution in [3.8, 4) is 21.7 Å². The molecule has 4 N–H and O–H groups in total. The highest BCUT2D eigenvalue weighted by Crippen LogP contribution is 2.36. The van der Waals surface area contributed by atoms with Crippen LogP contribution in [-0.2, 0) is 0 Å². The molecule has 0 bridgehead atoms. The number of hydrogen-bond acceptors (Lipinski definition) is 4. The SMILES string of the molecule is NC(=O)c1csc(-c2cc(-c3cccc4[nH]ccc34)cc3[nH]ncc23)n1. The minimum absolute atomic E-state index is 0.278. The number of thiazole rings is 1. The molecule has 126 valence electrons. The van der Waals surface area contributed by atoms with Gasteiger partial charge in [0.05, 0.1) is 11.7 Å². The zero-order valence-corrected chi connectivity index (χ0v) is 14.3. The van der Waals surface area contributed by atoms with E-state index in [1.54, 1.807) is 11.6 Å². The molecule has 0 spiro atoms. The fraction of sp³-hybridized carbons (Fsp3) is 0. The van der Waals surface area contributed by atoms with Gasteiger partial charge in [-0.05, 0) is 35.4 Å². The Morgan fingerprint density at radius 3 is 2.85 bits per heavy atom. The molecule has 26 heavy (non-hydrogen) atoms. The lowest BCUT2D eigenvalue weighted by Crippen LogP contribution is -2.10. The van der Waals surface area contributed by atoms with Crippen LogP contribution < -0.4 is 5.73 Å². The van der Waals surface area contributed by atoms with E-state index in [0.717, 1.165) is 43.5 Å². The van der Waals surface area contributed by atoms with Crippen molar-refractivity contribution >= 4 is 39.0 Å². The van der Waals surface area contributed by atoms with Gasteiger partial charge in [0, 0.05) is 33.4 Å². The number of primary amides is 1. The minimum atomic E-state index is -0.524. The molecule has 0 radical (unpaired) electrons. The molecule has 7 heteroatoms. The van der Waals surface area contributed by atoms with Gasteiger partial charge < -0.3 is 10.7 Å². The third-order valence-corrected chi connectivity index (χ3v) is 5.33. The Morgan fingerprint density at radius 1 is 1.08 bits per heavy atom. The zero-order chi connectivity index (χ0) is 17.7. The molecule has 3 heterocycles. The molecule has 0 aliphatic carbocycles. The third kappa shape index (κ3) is 2.21. The van der Waals surface area contributed by atoms with Crippen molar-refractivity contribution in [3.05, 3.63) is 59.9 Å². The monoisotopic (exact) mass is 359 g/mol. The number of benzene rings is 2. The fourth-order valence-electron chi connectivity index (χ4n) is 3.23. The van der Waals surface area contributed by atoms with E-state index in [2.05, 4.69) is 50.5 Å². The molecule has 5 aromatic rings. The molecule has 5 rings (SSSR count). The van der Waals surface area contributed by atoms with E-state index >= 15 is 0 Å². The summed E-state index contributed by atoms with van der Waals surface area (Å²) >= 11 is 1.40. The number of hydrogen-bond donors (Lipinski definition) is 3. The largest absolute Gasteiger partial charge is 0.364 e. The molecular formula is C19H13N5OS. The highest BCUT2D eigenvalue weighted by atomic mass is 32.1. The second-order valence-corrected chi connectivity index (χ2v) is 6.86. The molecule has 3 aromatic heterocycles. The van der Waals surface area contributed by atoms with Gasteiger partial charge in [-0.1, -0.05) is 12.1 Å². The highest BCUT2D eigenvalue weighted by molar-refractivity contribution is 7.13. The maximum absolute atomic E-state index is 11.4. The molecule has 2 aromatic carbocycles. The predicted molar refractivity (Wildman–Crippen MR) is 103 cm³/mol. The van der Waals surface area contributed by atoms with Crippen LogP contribution in [0.4, 0.5) is 0 Å². The topological polar surface area (TPSA) is 100 Å². The van der Waals surface area contributed by atoms with Crippen LogP contribution in [0, 0.1) is 0 Å². The van der Waals surface area contributed by atoms with Crippen LogP contribution in [0.25, 0.3) is 43.5 Å². The molecule has 0 aliphatic heterocycles. The summed E-state index contributed by atoms with van der Waals surface area (Å²) < 4.78 is 0. The summed E-state index contributed by atoms with van der Waals surface area (Å²) in [4.78, 5) is 19.0. The molecular weight excluding hydrogens is 346 g/mol. The van der Waals surface area contributed by atoms with Crippen LogP contribution in [-0.4, -0.2) is 26.1 Å². The Morgan fingerprint density at radius 2 is 2.00 bits per heavy atom. The number of nitrogens with zero attached hydrogens (tertiary/aromatic N) is 2. The number of amides is 1. The van der Waals surface area contributed by atoms with E-state index in [1.165, 1.54) is 11.3 Å². The minimum Gasteiger partial charge on any atom is -0.364 e. The number of nitrogens with two attached hydrogens (primary N) is 1. The molecule has 0 atom stereocenters. The molecule has 0 saturated heterocycles. The maximum atomic E-state index is 11.4. The Kier molecular flexibility index (Phi) is 3.16. The number of aromatic amines is 2. The predicted octanol–water partition coefficient (Wildman–Crippen LogP) is 3.93. The lowest BCUT2D eigenvalue weighted by atomic mass is 9.98. The Balaban J connectivity index is 1.77. The number of fused-ring (bicyclic) bond motifs is 2. The zero-order valence-electron chi connectivity index (χ0n) is 13.5. The summed E-state index contributed by atoms with van der Waals surface area (Å²) in [6.45, 7) is 0. The standard InChI is InChI=1S/C19H13N5OS/c20-18(25)17-9-26-19(23-17)13-6-10(7-16-14(13)8-22-24-16)11-2-1-3-15-12(11)4-5-21-15/h1-9,21H,(H2,20,25)(H,22,24). The summed E-state index contributed by atoms with van der Waals surface area (Å²) in [5.74, 6) is -0.524. The van der Waals surface area contributed by atoms with Crippen molar-refractivity contribution in [2.24, 2.45) is 5.73 Å². The molecule has 1 amide bonds. The second-order valence-electron chi connectivity index (χ2n) is 6.00. The average Bonchev–Trinajstić information content (AvgIpc) is 3.39. The summed E-state index contributed by atoms with van der Waals surface area (Å²) in [5.41, 5.74) is 10.7. The van der Waals surface area contributed by atoms with Gasteiger partial charge in [0.15, 0.2) is 0 Å². The van der Waals surface area contributed by atoms with E-state index < -0.39 is 5.91 Å². The van der Waals surface area contributed by atoms with Crippen molar-refractivity contribution in [2.45, 2.75) is 0 Å². The van der Waals surface area contributed by atoms with Gasteiger partial charge >= 0.3 is 0 Å². The average molecular weight is 359 g/mol. The van der Waals surface area contributed by atoms with Crippen molar-refractivity contribution in [3.63, 3.8) is 0 Å². The normalized spacial score (nSPS) is 11.4. The Bertz CT molecular complexity index is 1280. The van der Waals surface area contributed by atoms with E-state index in [4.69, 9.17) is 5.73 Å². The number of H-pyrrole nitrogens is 2. The summed E-state index contributed by atoms with van der Waals surface area (Å²) in [6, 6.07) is 12.4.